The number of nitrogens with two attached hydrogens (primary N) is 1. The highest BCUT2D eigenvalue weighted by atomic mass is 16.5. The average Bonchev–Trinajstić information content (AvgIpc) is 2.86. The number of methoxy groups -OCH3 is 1. The van der Waals surface area contributed by atoms with Crippen LogP contribution in [0.2, 0.25) is 0 Å². The molecule has 1 aromatic carbocycles. The molecule has 0 aliphatic carbocycles. The quantitative estimate of drug-likeness (QED) is 0.561. The van der Waals surface area contributed by atoms with Gasteiger partial charge in [0.15, 0.2) is 0 Å². The fourth-order valence-electron chi connectivity index (χ4n) is 2.18. The molecule has 4 N–H and O–H groups in total. The number of benzene rings is 1. The summed E-state index contributed by atoms with van der Waals surface area (Å²) >= 11 is 0. The third-order valence-electron chi connectivity index (χ3n) is 3.50. The second-order valence-electron chi connectivity index (χ2n) is 5.13. The zero-order valence-corrected chi connectivity index (χ0v) is 11.7. The maximum atomic E-state index is 11.7. The Morgan fingerprint density at radius 3 is 2.95 bits per heavy atom. The standard InChI is InChI=1S/C14H20N2O4/c1-9-5-10(6-11(12(9)15)13(17)19-2)16-7-14(18)3-4-20-8-14/h5-6,16,18H,3-4,7-8,15H2,1-2H3. The van der Waals surface area contributed by atoms with Gasteiger partial charge in [0.2, 0.25) is 0 Å². The zero-order valence-electron chi connectivity index (χ0n) is 11.7. The number of hydrogen-bond donors (Lipinski definition) is 3. The van der Waals surface area contributed by atoms with Gasteiger partial charge in [-0.2, -0.15) is 0 Å². The number of rotatable bonds is 4. The molecule has 0 bridgehead atoms. The summed E-state index contributed by atoms with van der Waals surface area (Å²) in [4.78, 5) is 11.7. The van der Waals surface area contributed by atoms with Gasteiger partial charge in [-0.15, -0.1) is 0 Å². The van der Waals surface area contributed by atoms with Crippen LogP contribution in [0.3, 0.4) is 0 Å². The van der Waals surface area contributed by atoms with Crippen molar-refractivity contribution in [1.82, 2.24) is 0 Å². The van der Waals surface area contributed by atoms with Crippen LogP contribution in [0.1, 0.15) is 22.3 Å². The maximum absolute atomic E-state index is 11.7. The number of hydrogen-bond acceptors (Lipinski definition) is 6. The van der Waals surface area contributed by atoms with Crippen molar-refractivity contribution in [3.05, 3.63) is 23.3 Å². The normalized spacial score (nSPS) is 21.8. The number of nitrogens with one attached hydrogen (secondary N) is 1. The van der Waals surface area contributed by atoms with Crippen molar-refractivity contribution in [2.45, 2.75) is 18.9 Å². The lowest BCUT2D eigenvalue weighted by atomic mass is 10.0. The van der Waals surface area contributed by atoms with E-state index in [2.05, 4.69) is 5.32 Å². The molecule has 0 radical (unpaired) electrons. The van der Waals surface area contributed by atoms with Crippen LogP contribution in [-0.2, 0) is 9.47 Å². The Labute approximate surface area is 117 Å². The van der Waals surface area contributed by atoms with Crippen molar-refractivity contribution in [2.75, 3.05) is 37.9 Å². The molecular weight excluding hydrogens is 260 g/mol. The van der Waals surface area contributed by atoms with Gasteiger partial charge in [-0.3, -0.25) is 0 Å². The number of nitrogen functional groups attached to an aromatic ring is 1. The summed E-state index contributed by atoms with van der Waals surface area (Å²) < 4.78 is 9.90. The molecule has 1 atom stereocenters. The lowest BCUT2D eigenvalue weighted by molar-refractivity contribution is 0.0382. The van der Waals surface area contributed by atoms with E-state index in [1.165, 1.54) is 7.11 Å². The third-order valence-corrected chi connectivity index (χ3v) is 3.50. The van der Waals surface area contributed by atoms with E-state index in [-0.39, 0.29) is 0 Å². The number of aryl methyl sites for hydroxylation is 1. The molecule has 1 unspecified atom stereocenters. The van der Waals surface area contributed by atoms with Gasteiger partial charge in [0.25, 0.3) is 0 Å². The number of anilines is 2. The lowest BCUT2D eigenvalue weighted by Crippen LogP contribution is -2.37. The predicted molar refractivity (Wildman–Crippen MR) is 75.8 cm³/mol. The van der Waals surface area contributed by atoms with Crippen LogP contribution >= 0.6 is 0 Å². The van der Waals surface area contributed by atoms with E-state index in [4.69, 9.17) is 15.2 Å². The van der Waals surface area contributed by atoms with E-state index in [1.54, 1.807) is 6.07 Å². The molecular formula is C14H20N2O4. The van der Waals surface area contributed by atoms with Crippen LogP contribution < -0.4 is 11.1 Å². The first kappa shape index (κ1) is 14.6. The van der Waals surface area contributed by atoms with Crippen LogP contribution in [0.5, 0.6) is 0 Å². The summed E-state index contributed by atoms with van der Waals surface area (Å²) in [7, 11) is 1.32. The van der Waals surface area contributed by atoms with Gasteiger partial charge >= 0.3 is 5.97 Å². The minimum absolute atomic E-state index is 0.317. The van der Waals surface area contributed by atoms with Crippen LogP contribution in [0.4, 0.5) is 11.4 Å². The zero-order chi connectivity index (χ0) is 14.8. The van der Waals surface area contributed by atoms with Crippen LogP contribution in [0.25, 0.3) is 0 Å². The van der Waals surface area contributed by atoms with Crippen molar-refractivity contribution in [3.63, 3.8) is 0 Å². The average molecular weight is 280 g/mol. The smallest absolute Gasteiger partial charge is 0.340 e. The topological polar surface area (TPSA) is 93.8 Å². The molecule has 2 rings (SSSR count). The Hall–Kier alpha value is -1.79. The molecule has 110 valence electrons. The lowest BCUT2D eigenvalue weighted by Gasteiger charge is -2.22. The van der Waals surface area contributed by atoms with E-state index < -0.39 is 11.6 Å². The SMILES string of the molecule is COC(=O)c1cc(NCC2(O)CCOC2)cc(C)c1N. The summed E-state index contributed by atoms with van der Waals surface area (Å²) in [5.74, 6) is -0.475. The van der Waals surface area contributed by atoms with Crippen molar-refractivity contribution in [3.8, 4) is 0 Å². The van der Waals surface area contributed by atoms with Crippen molar-refractivity contribution >= 4 is 17.3 Å². The molecule has 1 aromatic rings. The molecule has 1 aliphatic rings. The maximum Gasteiger partial charge on any atom is 0.340 e. The third kappa shape index (κ3) is 3.02. The highest BCUT2D eigenvalue weighted by Gasteiger charge is 2.32. The second-order valence-corrected chi connectivity index (χ2v) is 5.13. The molecule has 1 saturated heterocycles. The van der Waals surface area contributed by atoms with Crippen molar-refractivity contribution in [1.29, 1.82) is 0 Å². The number of esters is 1. The van der Waals surface area contributed by atoms with Crippen molar-refractivity contribution in [2.24, 2.45) is 0 Å². The summed E-state index contributed by atoms with van der Waals surface area (Å²) in [5, 5.41) is 13.3. The molecule has 0 amide bonds. The first-order valence-electron chi connectivity index (χ1n) is 6.48. The van der Waals surface area contributed by atoms with Gasteiger partial charge in [0.1, 0.15) is 5.60 Å². The van der Waals surface area contributed by atoms with Crippen LogP contribution in [0, 0.1) is 6.92 Å². The molecule has 20 heavy (non-hydrogen) atoms. The number of carbonyl (C=O) groups excluding carboxylic acids is 1. The van der Waals surface area contributed by atoms with Crippen molar-refractivity contribution < 1.29 is 19.4 Å². The molecule has 1 aliphatic heterocycles. The number of carbonyl (C=O) groups is 1. The Balaban J connectivity index is 2.16. The molecule has 1 fully saturated rings. The highest BCUT2D eigenvalue weighted by molar-refractivity contribution is 5.97. The minimum Gasteiger partial charge on any atom is -0.465 e. The van der Waals surface area contributed by atoms with E-state index >= 15 is 0 Å². The Morgan fingerprint density at radius 2 is 2.35 bits per heavy atom. The van der Waals surface area contributed by atoms with Gasteiger partial charge < -0.3 is 25.6 Å². The van der Waals surface area contributed by atoms with Gasteiger partial charge in [0.05, 0.1) is 19.3 Å². The fraction of sp³-hybridized carbons (Fsp3) is 0.500. The largest absolute Gasteiger partial charge is 0.465 e. The van der Waals surface area contributed by atoms with Gasteiger partial charge in [-0.05, 0) is 24.6 Å². The van der Waals surface area contributed by atoms with E-state index in [9.17, 15) is 9.90 Å². The molecule has 6 nitrogen and oxygen atoms in total. The first-order chi connectivity index (χ1) is 9.45. The molecule has 1 heterocycles. The Morgan fingerprint density at radius 1 is 1.60 bits per heavy atom. The first-order valence-corrected chi connectivity index (χ1v) is 6.48. The summed E-state index contributed by atoms with van der Waals surface area (Å²) in [5.41, 5.74) is 7.25. The van der Waals surface area contributed by atoms with E-state index in [0.717, 1.165) is 11.3 Å². The number of aliphatic hydroxyl groups is 1. The van der Waals surface area contributed by atoms with E-state index in [0.29, 0.717) is 37.4 Å². The Kier molecular flexibility index (Phi) is 4.15. The minimum atomic E-state index is -0.860. The van der Waals surface area contributed by atoms with Gasteiger partial charge in [0, 0.05) is 30.9 Å². The molecule has 0 spiro atoms. The summed E-state index contributed by atoms with van der Waals surface area (Å²) in [6.45, 7) is 3.06. The predicted octanol–water partition coefficient (Wildman–Crippen LogP) is 0.927. The molecule has 6 heteroatoms. The van der Waals surface area contributed by atoms with Crippen LogP contribution in [0.15, 0.2) is 12.1 Å². The Bertz CT molecular complexity index is 510. The van der Waals surface area contributed by atoms with Gasteiger partial charge in [-0.1, -0.05) is 0 Å². The monoisotopic (exact) mass is 280 g/mol. The highest BCUT2D eigenvalue weighted by Crippen LogP contribution is 2.25. The fourth-order valence-corrected chi connectivity index (χ4v) is 2.18. The van der Waals surface area contributed by atoms with Crippen LogP contribution in [-0.4, -0.2) is 43.5 Å². The summed E-state index contributed by atoms with van der Waals surface area (Å²) in [6, 6.07) is 3.47. The second kappa shape index (κ2) is 5.68. The van der Waals surface area contributed by atoms with Gasteiger partial charge in [-0.25, -0.2) is 4.79 Å². The van der Waals surface area contributed by atoms with E-state index in [1.807, 2.05) is 13.0 Å². The molecule has 0 aromatic heterocycles. The molecule has 0 saturated carbocycles. The summed E-state index contributed by atoms with van der Waals surface area (Å²) in [6.07, 6.45) is 0.595. The number of ether oxygens (including phenoxy) is 2.